The Morgan fingerprint density at radius 1 is 1.29 bits per heavy atom. The van der Waals surface area contributed by atoms with Crippen LogP contribution in [0, 0.1) is 6.92 Å². The van der Waals surface area contributed by atoms with Gasteiger partial charge < -0.3 is 4.90 Å². The normalized spacial score (nSPS) is 14.6. The van der Waals surface area contributed by atoms with Crippen LogP contribution in [0.5, 0.6) is 0 Å². The number of rotatable bonds is 5. The molecule has 2 heterocycles. The van der Waals surface area contributed by atoms with Gasteiger partial charge in [0.25, 0.3) is 0 Å². The first-order valence-corrected chi connectivity index (χ1v) is 8.84. The summed E-state index contributed by atoms with van der Waals surface area (Å²) in [7, 11) is 0. The molecule has 1 aliphatic heterocycles. The van der Waals surface area contributed by atoms with Gasteiger partial charge in [-0.05, 0) is 25.3 Å². The molecule has 0 N–H and O–H groups in total. The standard InChI is InChI=1S/C15H17N3OS2/c1-11-6-2-3-7-12(11)13(19)10-20-15-17-16-14(21-15)18-8-4-5-9-18/h2-3,6-7H,4-5,8-10H2,1H3. The third kappa shape index (κ3) is 3.44. The average molecular weight is 319 g/mol. The number of ketones is 1. The summed E-state index contributed by atoms with van der Waals surface area (Å²) >= 11 is 3.07. The lowest BCUT2D eigenvalue weighted by Crippen LogP contribution is -2.17. The molecule has 3 rings (SSSR count). The molecule has 6 heteroatoms. The molecule has 4 nitrogen and oxygen atoms in total. The van der Waals surface area contributed by atoms with E-state index in [1.807, 2.05) is 31.2 Å². The minimum absolute atomic E-state index is 0.149. The van der Waals surface area contributed by atoms with Gasteiger partial charge in [-0.15, -0.1) is 10.2 Å². The van der Waals surface area contributed by atoms with Gasteiger partial charge in [0, 0.05) is 18.7 Å². The van der Waals surface area contributed by atoms with E-state index < -0.39 is 0 Å². The molecule has 1 aromatic heterocycles. The van der Waals surface area contributed by atoms with Crippen molar-refractivity contribution in [1.82, 2.24) is 10.2 Å². The van der Waals surface area contributed by atoms with Crippen LogP contribution in [-0.2, 0) is 0 Å². The number of hydrogen-bond acceptors (Lipinski definition) is 6. The molecule has 0 aliphatic carbocycles. The molecule has 1 fully saturated rings. The lowest BCUT2D eigenvalue weighted by Gasteiger charge is -2.10. The molecule has 2 aromatic rings. The minimum atomic E-state index is 0.149. The summed E-state index contributed by atoms with van der Waals surface area (Å²) in [5.74, 6) is 0.565. The number of carbonyl (C=O) groups is 1. The molecular weight excluding hydrogens is 302 g/mol. The molecule has 0 saturated carbocycles. The van der Waals surface area contributed by atoms with Gasteiger partial charge in [0.15, 0.2) is 10.1 Å². The molecule has 1 saturated heterocycles. The van der Waals surface area contributed by atoms with Crippen molar-refractivity contribution < 1.29 is 4.79 Å². The van der Waals surface area contributed by atoms with Crippen LogP contribution in [0.25, 0.3) is 0 Å². The van der Waals surface area contributed by atoms with Gasteiger partial charge in [-0.2, -0.15) is 0 Å². The van der Waals surface area contributed by atoms with Crippen LogP contribution in [-0.4, -0.2) is 34.8 Å². The fourth-order valence-electron chi connectivity index (χ4n) is 2.39. The van der Waals surface area contributed by atoms with E-state index in [4.69, 9.17) is 0 Å². The summed E-state index contributed by atoms with van der Waals surface area (Å²) in [4.78, 5) is 14.5. The molecule has 0 bridgehead atoms. The first-order valence-electron chi connectivity index (χ1n) is 7.04. The molecular formula is C15H17N3OS2. The summed E-state index contributed by atoms with van der Waals surface area (Å²) in [5, 5.41) is 9.40. The maximum atomic E-state index is 12.2. The number of Topliss-reactive ketones (excluding diaryl/α,β-unsaturated/α-hetero) is 1. The minimum Gasteiger partial charge on any atom is -0.347 e. The van der Waals surface area contributed by atoms with Crippen LogP contribution in [0.15, 0.2) is 28.6 Å². The maximum Gasteiger partial charge on any atom is 0.209 e. The lowest BCUT2D eigenvalue weighted by atomic mass is 10.1. The van der Waals surface area contributed by atoms with Crippen molar-refractivity contribution in [3.8, 4) is 0 Å². The van der Waals surface area contributed by atoms with E-state index in [9.17, 15) is 4.79 Å². The van der Waals surface area contributed by atoms with Crippen LogP contribution >= 0.6 is 23.1 Å². The largest absolute Gasteiger partial charge is 0.347 e. The van der Waals surface area contributed by atoms with Gasteiger partial charge in [-0.25, -0.2) is 0 Å². The van der Waals surface area contributed by atoms with Gasteiger partial charge in [0.1, 0.15) is 0 Å². The predicted octanol–water partition coefficient (Wildman–Crippen LogP) is 3.42. The Hall–Kier alpha value is -1.40. The fraction of sp³-hybridized carbons (Fsp3) is 0.400. The molecule has 0 amide bonds. The van der Waals surface area contributed by atoms with E-state index in [1.165, 1.54) is 24.6 Å². The molecule has 1 aliphatic rings. The summed E-state index contributed by atoms with van der Waals surface area (Å²) in [6, 6.07) is 7.70. The third-order valence-corrected chi connectivity index (χ3v) is 5.66. The maximum absolute atomic E-state index is 12.2. The van der Waals surface area contributed by atoms with E-state index in [2.05, 4.69) is 15.1 Å². The van der Waals surface area contributed by atoms with Crippen LogP contribution < -0.4 is 4.90 Å². The Labute approximate surface area is 132 Å². The average Bonchev–Trinajstić information content (AvgIpc) is 3.16. The smallest absolute Gasteiger partial charge is 0.209 e. The van der Waals surface area contributed by atoms with Crippen molar-refractivity contribution in [1.29, 1.82) is 0 Å². The number of anilines is 1. The summed E-state index contributed by atoms with van der Waals surface area (Å²) in [6.07, 6.45) is 2.46. The Balaban J connectivity index is 1.60. The molecule has 21 heavy (non-hydrogen) atoms. The number of aromatic nitrogens is 2. The lowest BCUT2D eigenvalue weighted by molar-refractivity contribution is 0.102. The number of hydrogen-bond donors (Lipinski definition) is 0. The van der Waals surface area contributed by atoms with Crippen molar-refractivity contribution in [2.24, 2.45) is 0 Å². The monoisotopic (exact) mass is 319 g/mol. The van der Waals surface area contributed by atoms with Crippen LogP contribution in [0.1, 0.15) is 28.8 Å². The van der Waals surface area contributed by atoms with E-state index >= 15 is 0 Å². The molecule has 0 radical (unpaired) electrons. The highest BCUT2D eigenvalue weighted by molar-refractivity contribution is 8.01. The Kier molecular flexibility index (Phi) is 4.55. The predicted molar refractivity (Wildman–Crippen MR) is 87.6 cm³/mol. The summed E-state index contributed by atoms with van der Waals surface area (Å²) in [6.45, 7) is 4.11. The van der Waals surface area contributed by atoms with Gasteiger partial charge in [0.2, 0.25) is 5.13 Å². The first-order chi connectivity index (χ1) is 10.2. The number of aryl methyl sites for hydroxylation is 1. The van der Waals surface area contributed by atoms with E-state index in [1.54, 1.807) is 11.3 Å². The topological polar surface area (TPSA) is 46.1 Å². The second kappa shape index (κ2) is 6.58. The highest BCUT2D eigenvalue weighted by Crippen LogP contribution is 2.30. The Bertz CT molecular complexity index is 635. The van der Waals surface area contributed by atoms with Crippen LogP contribution in [0.2, 0.25) is 0 Å². The van der Waals surface area contributed by atoms with E-state index in [0.717, 1.165) is 33.7 Å². The molecule has 0 unspecified atom stereocenters. The van der Waals surface area contributed by atoms with Gasteiger partial charge >= 0.3 is 0 Å². The zero-order valence-electron chi connectivity index (χ0n) is 11.9. The number of nitrogens with zero attached hydrogens (tertiary/aromatic N) is 3. The van der Waals surface area contributed by atoms with Crippen molar-refractivity contribution >= 4 is 34.0 Å². The van der Waals surface area contributed by atoms with Crippen molar-refractivity contribution in [2.45, 2.75) is 24.1 Å². The SMILES string of the molecule is Cc1ccccc1C(=O)CSc1nnc(N2CCCC2)s1. The zero-order valence-corrected chi connectivity index (χ0v) is 13.5. The molecule has 0 spiro atoms. The zero-order chi connectivity index (χ0) is 14.7. The van der Waals surface area contributed by atoms with Crippen LogP contribution in [0.3, 0.4) is 0 Å². The number of carbonyl (C=O) groups excluding carboxylic acids is 1. The highest BCUT2D eigenvalue weighted by atomic mass is 32.2. The van der Waals surface area contributed by atoms with Gasteiger partial charge in [0.05, 0.1) is 5.75 Å². The van der Waals surface area contributed by atoms with Crippen molar-refractivity contribution in [2.75, 3.05) is 23.7 Å². The van der Waals surface area contributed by atoms with E-state index in [0.29, 0.717) is 5.75 Å². The Morgan fingerprint density at radius 3 is 2.81 bits per heavy atom. The second-order valence-electron chi connectivity index (χ2n) is 5.07. The van der Waals surface area contributed by atoms with Crippen LogP contribution in [0.4, 0.5) is 5.13 Å². The summed E-state index contributed by atoms with van der Waals surface area (Å²) < 4.78 is 0.874. The first kappa shape index (κ1) is 14.5. The number of benzene rings is 1. The van der Waals surface area contributed by atoms with Gasteiger partial charge in [-0.3, -0.25) is 4.79 Å². The quantitative estimate of drug-likeness (QED) is 0.624. The highest BCUT2D eigenvalue weighted by Gasteiger charge is 2.17. The molecule has 1 aromatic carbocycles. The second-order valence-corrected chi connectivity index (χ2v) is 7.25. The van der Waals surface area contributed by atoms with Crippen molar-refractivity contribution in [3.05, 3.63) is 35.4 Å². The fourth-order valence-corrected chi connectivity index (χ4v) is 4.16. The van der Waals surface area contributed by atoms with Crippen molar-refractivity contribution in [3.63, 3.8) is 0 Å². The third-order valence-electron chi connectivity index (χ3n) is 3.54. The van der Waals surface area contributed by atoms with E-state index in [-0.39, 0.29) is 5.78 Å². The summed E-state index contributed by atoms with van der Waals surface area (Å²) in [5.41, 5.74) is 1.83. The van der Waals surface area contributed by atoms with Gasteiger partial charge in [-0.1, -0.05) is 47.4 Å². The Morgan fingerprint density at radius 2 is 2.05 bits per heavy atom. The molecule has 0 atom stereocenters. The molecule has 110 valence electrons. The number of thioether (sulfide) groups is 1.